The Hall–Kier alpha value is -0.480. The second-order valence-corrected chi connectivity index (χ2v) is 5.63. The molecule has 1 unspecified atom stereocenters. The highest BCUT2D eigenvalue weighted by molar-refractivity contribution is 8.02. The Balaban J connectivity index is 1.81. The summed E-state index contributed by atoms with van der Waals surface area (Å²) >= 11 is 2.02. The Morgan fingerprint density at radius 3 is 3.08 bits per heavy atom. The van der Waals surface area contributed by atoms with Gasteiger partial charge in [0.15, 0.2) is 0 Å². The van der Waals surface area contributed by atoms with Crippen molar-refractivity contribution in [2.45, 2.75) is 31.2 Å². The van der Waals surface area contributed by atoms with E-state index < -0.39 is 0 Å². The van der Waals surface area contributed by atoms with Crippen LogP contribution in [0.1, 0.15) is 19.4 Å². The number of hydrogen-bond donors (Lipinski definition) is 2. The maximum absolute atomic E-state index is 3.91. The summed E-state index contributed by atoms with van der Waals surface area (Å²) in [6.07, 6.45) is 3.80. The van der Waals surface area contributed by atoms with E-state index in [0.29, 0.717) is 10.8 Å². The number of rotatable bonds is 3. The van der Waals surface area contributed by atoms with E-state index in [4.69, 9.17) is 0 Å². The Bertz CT molecular complexity index is 268. The van der Waals surface area contributed by atoms with Gasteiger partial charge in [0, 0.05) is 34.8 Å². The van der Waals surface area contributed by atoms with Gasteiger partial charge in [-0.05, 0) is 13.8 Å². The molecule has 72 valence electrons. The maximum atomic E-state index is 3.91. The third kappa shape index (κ3) is 1.89. The van der Waals surface area contributed by atoms with Crippen molar-refractivity contribution in [3.8, 4) is 0 Å². The van der Waals surface area contributed by atoms with Gasteiger partial charge in [-0.2, -0.15) is 16.9 Å². The molecule has 1 aliphatic rings. The van der Waals surface area contributed by atoms with Gasteiger partial charge in [0.2, 0.25) is 0 Å². The summed E-state index contributed by atoms with van der Waals surface area (Å²) in [4.78, 5) is 0. The predicted molar refractivity (Wildman–Crippen MR) is 55.8 cm³/mol. The lowest BCUT2D eigenvalue weighted by Crippen LogP contribution is -2.54. The van der Waals surface area contributed by atoms with Crippen LogP contribution in [0, 0.1) is 0 Å². The molecule has 2 rings (SSSR count). The summed E-state index contributed by atoms with van der Waals surface area (Å²) < 4.78 is 0.406. The normalized spacial score (nSPS) is 25.5. The third-order valence-electron chi connectivity index (χ3n) is 2.57. The van der Waals surface area contributed by atoms with Crippen molar-refractivity contribution in [1.29, 1.82) is 0 Å². The Morgan fingerprint density at radius 1 is 1.77 bits per heavy atom. The van der Waals surface area contributed by atoms with Crippen molar-refractivity contribution < 1.29 is 0 Å². The molecule has 2 heterocycles. The lowest BCUT2D eigenvalue weighted by atomic mass is 10.0. The SMILES string of the molecule is CC1(C)SCC1NCc1cn[nH]c1. The quantitative estimate of drug-likeness (QED) is 0.769. The lowest BCUT2D eigenvalue weighted by molar-refractivity contribution is 0.436. The van der Waals surface area contributed by atoms with Crippen molar-refractivity contribution in [3.05, 3.63) is 18.0 Å². The van der Waals surface area contributed by atoms with E-state index in [2.05, 4.69) is 29.4 Å². The molecule has 4 heteroatoms. The van der Waals surface area contributed by atoms with Crippen molar-refractivity contribution in [1.82, 2.24) is 15.5 Å². The van der Waals surface area contributed by atoms with Crippen LogP contribution in [0.25, 0.3) is 0 Å². The standard InChI is InChI=1S/C9H15N3S/c1-9(2)8(6-13-9)10-3-7-4-11-12-5-7/h4-5,8,10H,3,6H2,1-2H3,(H,11,12). The van der Waals surface area contributed by atoms with Gasteiger partial charge in [0.1, 0.15) is 0 Å². The minimum absolute atomic E-state index is 0.406. The molecular weight excluding hydrogens is 182 g/mol. The maximum Gasteiger partial charge on any atom is 0.0532 e. The summed E-state index contributed by atoms with van der Waals surface area (Å²) in [5.74, 6) is 1.23. The van der Waals surface area contributed by atoms with Gasteiger partial charge in [0.25, 0.3) is 0 Å². The predicted octanol–water partition coefficient (Wildman–Crippen LogP) is 1.39. The van der Waals surface area contributed by atoms with Crippen LogP contribution < -0.4 is 5.32 Å². The van der Waals surface area contributed by atoms with Crippen LogP contribution in [-0.2, 0) is 6.54 Å². The van der Waals surface area contributed by atoms with Crippen molar-refractivity contribution in [2.75, 3.05) is 5.75 Å². The number of aromatic amines is 1. The molecule has 0 bridgehead atoms. The second-order valence-electron chi connectivity index (χ2n) is 3.95. The van der Waals surface area contributed by atoms with E-state index in [1.54, 1.807) is 0 Å². The smallest absolute Gasteiger partial charge is 0.0532 e. The average Bonchev–Trinajstić information content (AvgIpc) is 2.55. The van der Waals surface area contributed by atoms with Gasteiger partial charge < -0.3 is 5.32 Å². The molecule has 1 saturated heterocycles. The highest BCUT2D eigenvalue weighted by atomic mass is 32.2. The molecule has 3 nitrogen and oxygen atoms in total. The molecule has 0 aromatic carbocycles. The zero-order valence-corrected chi connectivity index (χ0v) is 8.82. The van der Waals surface area contributed by atoms with Gasteiger partial charge in [0.05, 0.1) is 6.20 Å². The number of hydrogen-bond acceptors (Lipinski definition) is 3. The third-order valence-corrected chi connectivity index (χ3v) is 4.10. The van der Waals surface area contributed by atoms with Crippen LogP contribution in [0.3, 0.4) is 0 Å². The molecule has 1 aromatic heterocycles. The topological polar surface area (TPSA) is 40.7 Å². The van der Waals surface area contributed by atoms with Crippen molar-refractivity contribution in [3.63, 3.8) is 0 Å². The lowest BCUT2D eigenvalue weighted by Gasteiger charge is -2.44. The fraction of sp³-hybridized carbons (Fsp3) is 0.667. The number of H-pyrrole nitrogens is 1. The Kier molecular flexibility index (Phi) is 2.34. The first kappa shape index (κ1) is 9.09. The Morgan fingerprint density at radius 2 is 2.62 bits per heavy atom. The van der Waals surface area contributed by atoms with Gasteiger partial charge in [-0.3, -0.25) is 5.10 Å². The molecule has 0 amide bonds. The summed E-state index contributed by atoms with van der Waals surface area (Å²) in [7, 11) is 0. The molecular formula is C9H15N3S. The van der Waals surface area contributed by atoms with E-state index in [9.17, 15) is 0 Å². The van der Waals surface area contributed by atoms with Crippen molar-refractivity contribution in [2.24, 2.45) is 0 Å². The molecule has 0 saturated carbocycles. The fourth-order valence-electron chi connectivity index (χ4n) is 1.42. The first-order chi connectivity index (χ1) is 6.18. The van der Waals surface area contributed by atoms with Gasteiger partial charge in [-0.25, -0.2) is 0 Å². The fourth-order valence-corrected chi connectivity index (χ4v) is 2.62. The summed E-state index contributed by atoms with van der Waals surface area (Å²) in [6.45, 7) is 5.49. The zero-order chi connectivity index (χ0) is 9.31. The van der Waals surface area contributed by atoms with Gasteiger partial charge >= 0.3 is 0 Å². The molecule has 0 radical (unpaired) electrons. The number of nitrogens with one attached hydrogen (secondary N) is 2. The van der Waals surface area contributed by atoms with Gasteiger partial charge in [-0.15, -0.1) is 0 Å². The Labute approximate surface area is 82.7 Å². The molecule has 2 N–H and O–H groups in total. The first-order valence-electron chi connectivity index (χ1n) is 4.53. The molecule has 1 fully saturated rings. The van der Waals surface area contributed by atoms with E-state index in [0.717, 1.165) is 6.54 Å². The minimum atomic E-state index is 0.406. The summed E-state index contributed by atoms with van der Waals surface area (Å²) in [6, 6.07) is 0.646. The highest BCUT2D eigenvalue weighted by Crippen LogP contribution is 2.39. The van der Waals surface area contributed by atoms with Gasteiger partial charge in [-0.1, -0.05) is 0 Å². The van der Waals surface area contributed by atoms with Crippen LogP contribution in [0.4, 0.5) is 0 Å². The minimum Gasteiger partial charge on any atom is -0.308 e. The summed E-state index contributed by atoms with van der Waals surface area (Å²) in [5, 5.41) is 10.3. The molecule has 13 heavy (non-hydrogen) atoms. The van der Waals surface area contributed by atoms with E-state index in [1.807, 2.05) is 24.2 Å². The van der Waals surface area contributed by atoms with Crippen LogP contribution in [-0.4, -0.2) is 26.7 Å². The second kappa shape index (κ2) is 3.35. The largest absolute Gasteiger partial charge is 0.308 e. The molecule has 0 aliphatic carbocycles. The monoisotopic (exact) mass is 197 g/mol. The number of aromatic nitrogens is 2. The molecule has 0 spiro atoms. The molecule has 1 atom stereocenters. The van der Waals surface area contributed by atoms with Crippen LogP contribution in [0.2, 0.25) is 0 Å². The number of nitrogens with zero attached hydrogens (tertiary/aromatic N) is 1. The van der Waals surface area contributed by atoms with E-state index in [1.165, 1.54) is 11.3 Å². The van der Waals surface area contributed by atoms with E-state index >= 15 is 0 Å². The van der Waals surface area contributed by atoms with Crippen molar-refractivity contribution >= 4 is 11.8 Å². The van der Waals surface area contributed by atoms with Crippen LogP contribution >= 0.6 is 11.8 Å². The highest BCUT2D eigenvalue weighted by Gasteiger charge is 2.38. The average molecular weight is 197 g/mol. The van der Waals surface area contributed by atoms with Crippen LogP contribution in [0.5, 0.6) is 0 Å². The van der Waals surface area contributed by atoms with E-state index in [-0.39, 0.29) is 0 Å². The number of thioether (sulfide) groups is 1. The zero-order valence-electron chi connectivity index (χ0n) is 8.00. The van der Waals surface area contributed by atoms with Crippen LogP contribution in [0.15, 0.2) is 12.4 Å². The molecule has 1 aliphatic heterocycles. The molecule has 1 aromatic rings. The first-order valence-corrected chi connectivity index (χ1v) is 5.52. The summed E-state index contributed by atoms with van der Waals surface area (Å²) in [5.41, 5.74) is 1.23.